The highest BCUT2D eigenvalue weighted by Gasteiger charge is 2.35. The van der Waals surface area contributed by atoms with E-state index in [-0.39, 0.29) is 0 Å². The van der Waals surface area contributed by atoms with Crippen LogP contribution >= 0.6 is 0 Å². The topological polar surface area (TPSA) is 9.23 Å². The summed E-state index contributed by atoms with van der Waals surface area (Å²) in [5, 5.41) is 0. The molecule has 1 aliphatic carbocycles. The van der Waals surface area contributed by atoms with Gasteiger partial charge in [-0.25, -0.2) is 0 Å². The van der Waals surface area contributed by atoms with Gasteiger partial charge in [-0.3, -0.25) is 0 Å². The molecular formula is C12H20O. The van der Waals surface area contributed by atoms with Crippen LogP contribution in [0.5, 0.6) is 0 Å². The molecule has 1 heterocycles. The van der Waals surface area contributed by atoms with Crippen LogP contribution in [0, 0.1) is 5.41 Å². The van der Waals surface area contributed by atoms with Crippen LogP contribution in [0.4, 0.5) is 0 Å². The van der Waals surface area contributed by atoms with E-state index in [0.29, 0.717) is 5.41 Å². The maximum Gasteiger partial charge on any atom is 0.0689 e. The second-order valence-electron chi connectivity index (χ2n) is 3.82. The van der Waals surface area contributed by atoms with Crippen molar-refractivity contribution in [3.63, 3.8) is 0 Å². The monoisotopic (exact) mass is 180 g/mol. The van der Waals surface area contributed by atoms with Crippen LogP contribution in [0.25, 0.3) is 0 Å². The van der Waals surface area contributed by atoms with E-state index in [1.807, 2.05) is 13.8 Å². The van der Waals surface area contributed by atoms with Gasteiger partial charge in [0.25, 0.3) is 0 Å². The lowest BCUT2D eigenvalue weighted by Gasteiger charge is -2.26. The summed E-state index contributed by atoms with van der Waals surface area (Å²) in [5.41, 5.74) is 3.26. The number of hydrogen-bond acceptors (Lipinski definition) is 1. The van der Waals surface area contributed by atoms with Crippen LogP contribution < -0.4 is 0 Å². The van der Waals surface area contributed by atoms with Crippen molar-refractivity contribution in [2.75, 3.05) is 13.2 Å². The zero-order chi connectivity index (χ0) is 9.90. The minimum Gasteiger partial charge on any atom is -0.376 e. The van der Waals surface area contributed by atoms with Crippen LogP contribution in [0.15, 0.2) is 23.3 Å². The Bertz CT molecular complexity index is 238. The van der Waals surface area contributed by atoms with E-state index in [1.165, 1.54) is 11.1 Å². The average molecular weight is 180 g/mol. The van der Waals surface area contributed by atoms with Gasteiger partial charge in [0.2, 0.25) is 0 Å². The van der Waals surface area contributed by atoms with Crippen LogP contribution in [-0.2, 0) is 4.74 Å². The molecule has 1 heteroatoms. The van der Waals surface area contributed by atoms with Gasteiger partial charge >= 0.3 is 0 Å². The average Bonchev–Trinajstić information content (AvgIpc) is 2.52. The molecule has 13 heavy (non-hydrogen) atoms. The molecule has 1 atom stereocenters. The third kappa shape index (κ3) is 1.86. The summed E-state index contributed by atoms with van der Waals surface area (Å²) in [5.74, 6) is 0. The Labute approximate surface area is 81.5 Å². The lowest BCUT2D eigenvalue weighted by Crippen LogP contribution is -2.20. The molecule has 0 aromatic rings. The maximum atomic E-state index is 5.47. The highest BCUT2D eigenvalue weighted by Crippen LogP contribution is 2.41. The molecule has 0 amide bonds. The van der Waals surface area contributed by atoms with Crippen LogP contribution in [0.3, 0.4) is 0 Å². The third-order valence-electron chi connectivity index (χ3n) is 2.81. The molecule has 0 saturated carbocycles. The molecule has 74 valence electrons. The van der Waals surface area contributed by atoms with Gasteiger partial charge in [0, 0.05) is 5.41 Å². The van der Waals surface area contributed by atoms with Crippen molar-refractivity contribution in [1.82, 2.24) is 0 Å². The van der Waals surface area contributed by atoms with E-state index in [2.05, 4.69) is 26.0 Å². The second-order valence-corrected chi connectivity index (χ2v) is 3.82. The Hall–Kier alpha value is -0.560. The summed E-state index contributed by atoms with van der Waals surface area (Å²) in [6.45, 7) is 10.2. The summed E-state index contributed by atoms with van der Waals surface area (Å²) >= 11 is 0. The predicted molar refractivity (Wildman–Crippen MR) is 56.7 cm³/mol. The fraction of sp³-hybridized carbons (Fsp3) is 0.667. The molecule has 0 N–H and O–H groups in total. The normalized spacial score (nSPS) is 31.1. The smallest absolute Gasteiger partial charge is 0.0689 e. The Kier molecular flexibility index (Phi) is 3.32. The van der Waals surface area contributed by atoms with E-state index in [1.54, 1.807) is 0 Å². The first-order chi connectivity index (χ1) is 6.22. The molecule has 1 saturated heterocycles. The summed E-state index contributed by atoms with van der Waals surface area (Å²) in [7, 11) is 0. The lowest BCUT2D eigenvalue weighted by molar-refractivity contribution is 0.160. The molecule has 0 radical (unpaired) electrons. The Morgan fingerprint density at radius 3 is 2.69 bits per heavy atom. The fourth-order valence-electron chi connectivity index (χ4n) is 2.01. The van der Waals surface area contributed by atoms with E-state index < -0.39 is 0 Å². The molecular weight excluding hydrogens is 160 g/mol. The molecule has 1 fully saturated rings. The van der Waals surface area contributed by atoms with Crippen molar-refractivity contribution in [3.05, 3.63) is 23.3 Å². The highest BCUT2D eigenvalue weighted by atomic mass is 16.5. The fourth-order valence-corrected chi connectivity index (χ4v) is 2.01. The second kappa shape index (κ2) is 4.10. The molecule has 1 aliphatic heterocycles. The van der Waals surface area contributed by atoms with Crippen molar-refractivity contribution in [2.45, 2.75) is 34.1 Å². The van der Waals surface area contributed by atoms with Crippen molar-refractivity contribution < 1.29 is 4.74 Å². The molecule has 1 nitrogen and oxygen atoms in total. The predicted octanol–water partition coefficient (Wildman–Crippen LogP) is 3.33. The zero-order valence-corrected chi connectivity index (χ0v) is 9.18. The quantitative estimate of drug-likeness (QED) is 0.555. The number of ether oxygens (including phenoxy) is 1. The Balaban J connectivity index is 0.000000396. The van der Waals surface area contributed by atoms with E-state index >= 15 is 0 Å². The van der Waals surface area contributed by atoms with Crippen LogP contribution in [-0.4, -0.2) is 13.2 Å². The Morgan fingerprint density at radius 1 is 1.38 bits per heavy atom. The van der Waals surface area contributed by atoms with E-state index in [9.17, 15) is 0 Å². The largest absolute Gasteiger partial charge is 0.376 e. The van der Waals surface area contributed by atoms with Gasteiger partial charge in [-0.2, -0.15) is 0 Å². The lowest BCUT2D eigenvalue weighted by atomic mass is 9.77. The minimum absolute atomic E-state index is 0.332. The first-order valence-electron chi connectivity index (χ1n) is 5.17. The standard InChI is InChI=1S/C10H14O.C2H6/c1-8-4-3-5-10(2)7-11-6-9(8)10;1-2/h3-4H,5-7H2,1-2H3;1-2H3. The van der Waals surface area contributed by atoms with Gasteiger partial charge in [0.1, 0.15) is 0 Å². The number of fused-ring (bicyclic) bond motifs is 1. The zero-order valence-electron chi connectivity index (χ0n) is 9.18. The van der Waals surface area contributed by atoms with Gasteiger partial charge in [0.05, 0.1) is 13.2 Å². The van der Waals surface area contributed by atoms with Gasteiger partial charge < -0.3 is 4.74 Å². The SMILES string of the molecule is CC.CC1=C2COCC2(C)CC=C1. The third-order valence-corrected chi connectivity index (χ3v) is 2.81. The number of hydrogen-bond donors (Lipinski definition) is 0. The molecule has 2 rings (SSSR count). The molecule has 0 aromatic heterocycles. The summed E-state index contributed by atoms with van der Waals surface area (Å²) < 4.78 is 5.47. The highest BCUT2D eigenvalue weighted by molar-refractivity contribution is 5.35. The molecule has 0 bridgehead atoms. The van der Waals surface area contributed by atoms with Crippen molar-refractivity contribution in [2.24, 2.45) is 5.41 Å². The van der Waals surface area contributed by atoms with Gasteiger partial charge in [-0.1, -0.05) is 32.9 Å². The molecule has 0 aromatic carbocycles. The van der Waals surface area contributed by atoms with Crippen LogP contribution in [0.2, 0.25) is 0 Å². The summed E-state index contributed by atoms with van der Waals surface area (Å²) in [6, 6.07) is 0. The van der Waals surface area contributed by atoms with E-state index in [0.717, 1.165) is 19.6 Å². The van der Waals surface area contributed by atoms with Crippen molar-refractivity contribution in [3.8, 4) is 0 Å². The maximum absolute atomic E-state index is 5.47. The molecule has 2 aliphatic rings. The van der Waals surface area contributed by atoms with Crippen molar-refractivity contribution in [1.29, 1.82) is 0 Å². The van der Waals surface area contributed by atoms with Gasteiger partial charge in [-0.05, 0) is 24.5 Å². The number of rotatable bonds is 0. The molecule has 1 unspecified atom stereocenters. The van der Waals surface area contributed by atoms with Gasteiger partial charge in [-0.15, -0.1) is 0 Å². The minimum atomic E-state index is 0.332. The van der Waals surface area contributed by atoms with E-state index in [4.69, 9.17) is 4.74 Å². The van der Waals surface area contributed by atoms with Crippen molar-refractivity contribution >= 4 is 0 Å². The number of allylic oxidation sites excluding steroid dienone is 3. The van der Waals surface area contributed by atoms with Gasteiger partial charge in [0.15, 0.2) is 0 Å². The first kappa shape index (κ1) is 10.5. The van der Waals surface area contributed by atoms with Crippen LogP contribution in [0.1, 0.15) is 34.1 Å². The Morgan fingerprint density at radius 2 is 2.08 bits per heavy atom. The first-order valence-corrected chi connectivity index (χ1v) is 5.17. The summed E-state index contributed by atoms with van der Waals surface area (Å²) in [6.07, 6.45) is 5.62. The summed E-state index contributed by atoms with van der Waals surface area (Å²) in [4.78, 5) is 0. The molecule has 0 spiro atoms.